The molecule has 0 aliphatic carbocycles. The molecule has 2 amide bonds. The van der Waals surface area contributed by atoms with Crippen molar-refractivity contribution in [3.8, 4) is 11.5 Å². The number of anilines is 2. The zero-order chi connectivity index (χ0) is 14.4. The van der Waals surface area contributed by atoms with E-state index < -0.39 is 0 Å². The van der Waals surface area contributed by atoms with Gasteiger partial charge in [-0.1, -0.05) is 0 Å². The number of carbonyl (C=O) groups excluding carboxylic acids is 2. The number of nitrogens with one attached hydrogen (secondary N) is 2. The molecule has 1 aromatic carbocycles. The molecule has 0 spiro atoms. The van der Waals surface area contributed by atoms with Crippen LogP contribution in [0.5, 0.6) is 11.5 Å². The molecule has 0 saturated carbocycles. The van der Waals surface area contributed by atoms with Crippen LogP contribution in [-0.2, 0) is 9.59 Å². The van der Waals surface area contributed by atoms with Crippen molar-refractivity contribution < 1.29 is 19.1 Å². The van der Waals surface area contributed by atoms with E-state index in [9.17, 15) is 9.59 Å². The number of ether oxygens (including phenoxy) is 2. The van der Waals surface area contributed by atoms with Gasteiger partial charge in [0, 0.05) is 19.1 Å². The van der Waals surface area contributed by atoms with Gasteiger partial charge in [0.05, 0.1) is 25.6 Å². The van der Waals surface area contributed by atoms with E-state index in [2.05, 4.69) is 10.6 Å². The van der Waals surface area contributed by atoms with E-state index in [4.69, 9.17) is 21.1 Å². The summed E-state index contributed by atoms with van der Waals surface area (Å²) < 4.78 is 10.3. The van der Waals surface area contributed by atoms with Gasteiger partial charge in [0.15, 0.2) is 0 Å². The Morgan fingerprint density at radius 1 is 1.11 bits per heavy atom. The smallest absolute Gasteiger partial charge is 0.239 e. The first-order valence-corrected chi connectivity index (χ1v) is 5.94. The fourth-order valence-corrected chi connectivity index (χ4v) is 1.53. The van der Waals surface area contributed by atoms with Crippen LogP contribution in [-0.4, -0.2) is 31.9 Å². The first-order valence-electron chi connectivity index (χ1n) is 5.41. The molecule has 6 nitrogen and oxygen atoms in total. The Morgan fingerprint density at radius 3 is 1.95 bits per heavy atom. The minimum atomic E-state index is -0.366. The molecule has 0 aliphatic heterocycles. The number of halogens is 1. The summed E-state index contributed by atoms with van der Waals surface area (Å²) in [6.07, 6.45) is 0. The third-order valence-corrected chi connectivity index (χ3v) is 2.47. The number of hydrogen-bond donors (Lipinski definition) is 2. The third-order valence-electron chi connectivity index (χ3n) is 2.23. The van der Waals surface area contributed by atoms with Gasteiger partial charge >= 0.3 is 0 Å². The van der Waals surface area contributed by atoms with Crippen LogP contribution in [0.1, 0.15) is 6.92 Å². The molecule has 0 heterocycles. The molecular weight excluding hydrogens is 272 g/mol. The molecule has 2 N–H and O–H groups in total. The molecule has 1 aromatic rings. The Hall–Kier alpha value is -1.95. The average molecular weight is 287 g/mol. The van der Waals surface area contributed by atoms with Gasteiger partial charge in [-0.15, -0.1) is 11.6 Å². The fraction of sp³-hybridized carbons (Fsp3) is 0.333. The first-order chi connectivity index (χ1) is 9.01. The first kappa shape index (κ1) is 15.1. The predicted octanol–water partition coefficient (Wildman–Crippen LogP) is 1.84. The highest BCUT2D eigenvalue weighted by atomic mass is 35.5. The van der Waals surface area contributed by atoms with E-state index in [1.807, 2.05) is 0 Å². The number of alkyl halides is 1. The minimum absolute atomic E-state index is 0.168. The molecule has 19 heavy (non-hydrogen) atoms. The zero-order valence-corrected chi connectivity index (χ0v) is 11.6. The topological polar surface area (TPSA) is 76.7 Å². The van der Waals surface area contributed by atoms with E-state index in [0.717, 1.165) is 0 Å². The van der Waals surface area contributed by atoms with Gasteiger partial charge in [-0.2, -0.15) is 0 Å². The maximum absolute atomic E-state index is 11.3. The fourth-order valence-electron chi connectivity index (χ4n) is 1.47. The van der Waals surface area contributed by atoms with Crippen LogP contribution in [0.3, 0.4) is 0 Å². The number of methoxy groups -OCH3 is 2. The number of benzene rings is 1. The highest BCUT2D eigenvalue weighted by Crippen LogP contribution is 2.36. The minimum Gasteiger partial charge on any atom is -0.494 e. The Labute approximate surface area is 116 Å². The second-order valence-electron chi connectivity index (χ2n) is 3.62. The number of amides is 2. The molecule has 0 atom stereocenters. The van der Waals surface area contributed by atoms with Gasteiger partial charge in [-0.3, -0.25) is 9.59 Å². The molecule has 0 radical (unpaired) electrons. The third kappa shape index (κ3) is 4.03. The number of hydrogen-bond acceptors (Lipinski definition) is 4. The lowest BCUT2D eigenvalue weighted by molar-refractivity contribution is -0.115. The van der Waals surface area contributed by atoms with Crippen LogP contribution >= 0.6 is 11.6 Å². The Bertz CT molecular complexity index is 491. The molecule has 104 valence electrons. The molecule has 0 saturated heterocycles. The van der Waals surface area contributed by atoms with Crippen molar-refractivity contribution in [3.05, 3.63) is 12.1 Å². The summed E-state index contributed by atoms with van der Waals surface area (Å²) in [4.78, 5) is 22.4. The molecule has 7 heteroatoms. The lowest BCUT2D eigenvalue weighted by Gasteiger charge is -2.15. The maximum atomic E-state index is 11.3. The van der Waals surface area contributed by atoms with Crippen molar-refractivity contribution in [3.63, 3.8) is 0 Å². The summed E-state index contributed by atoms with van der Waals surface area (Å²) >= 11 is 5.43. The second kappa shape index (κ2) is 6.84. The largest absolute Gasteiger partial charge is 0.494 e. The van der Waals surface area contributed by atoms with Gasteiger partial charge in [-0.05, 0) is 0 Å². The summed E-state index contributed by atoms with van der Waals surface area (Å²) in [6.45, 7) is 1.38. The van der Waals surface area contributed by atoms with Gasteiger partial charge in [0.1, 0.15) is 17.4 Å². The van der Waals surface area contributed by atoms with E-state index in [1.54, 1.807) is 12.1 Å². The van der Waals surface area contributed by atoms with E-state index >= 15 is 0 Å². The summed E-state index contributed by atoms with van der Waals surface area (Å²) in [5.74, 6) is 0.0231. The quantitative estimate of drug-likeness (QED) is 0.810. The van der Waals surface area contributed by atoms with Crippen molar-refractivity contribution in [2.24, 2.45) is 0 Å². The molecule has 0 fully saturated rings. The number of carbonyl (C=O) groups is 2. The lowest BCUT2D eigenvalue weighted by atomic mass is 10.2. The van der Waals surface area contributed by atoms with E-state index in [-0.39, 0.29) is 17.7 Å². The highest BCUT2D eigenvalue weighted by molar-refractivity contribution is 6.29. The van der Waals surface area contributed by atoms with Crippen LogP contribution in [0.4, 0.5) is 11.4 Å². The van der Waals surface area contributed by atoms with Gasteiger partial charge in [-0.25, -0.2) is 0 Å². The Balaban J connectivity index is 3.18. The zero-order valence-electron chi connectivity index (χ0n) is 10.9. The van der Waals surface area contributed by atoms with Crippen molar-refractivity contribution >= 4 is 34.8 Å². The van der Waals surface area contributed by atoms with Gasteiger partial charge in [0.25, 0.3) is 0 Å². The van der Waals surface area contributed by atoms with Crippen molar-refractivity contribution in [1.82, 2.24) is 0 Å². The molecule has 0 unspecified atom stereocenters. The molecule has 0 aromatic heterocycles. The van der Waals surface area contributed by atoms with Crippen molar-refractivity contribution in [2.75, 3.05) is 30.7 Å². The summed E-state index contributed by atoms with van der Waals surface area (Å²) in [5.41, 5.74) is 0.870. The van der Waals surface area contributed by atoms with Crippen LogP contribution in [0.2, 0.25) is 0 Å². The maximum Gasteiger partial charge on any atom is 0.239 e. The van der Waals surface area contributed by atoms with Crippen LogP contribution in [0.15, 0.2) is 12.1 Å². The average Bonchev–Trinajstić information content (AvgIpc) is 2.38. The Morgan fingerprint density at radius 2 is 1.58 bits per heavy atom. The Kier molecular flexibility index (Phi) is 5.44. The standard InChI is InChI=1S/C12H15ClN2O4/c1-7(16)14-8-4-11(19-3)9(5-10(8)18-2)15-12(17)6-13/h4-5H,6H2,1-3H3,(H,14,16)(H,15,17). The number of rotatable bonds is 5. The van der Waals surface area contributed by atoms with Gasteiger partial charge in [0.2, 0.25) is 11.8 Å². The normalized spacial score (nSPS) is 9.68. The van der Waals surface area contributed by atoms with E-state index in [1.165, 1.54) is 21.1 Å². The van der Waals surface area contributed by atoms with Crippen molar-refractivity contribution in [2.45, 2.75) is 6.92 Å². The molecular formula is C12H15ClN2O4. The van der Waals surface area contributed by atoms with Crippen LogP contribution in [0.25, 0.3) is 0 Å². The highest BCUT2D eigenvalue weighted by Gasteiger charge is 2.13. The van der Waals surface area contributed by atoms with Crippen molar-refractivity contribution in [1.29, 1.82) is 0 Å². The predicted molar refractivity (Wildman–Crippen MR) is 73.2 cm³/mol. The summed E-state index contributed by atoms with van der Waals surface area (Å²) in [6, 6.07) is 3.11. The molecule has 1 rings (SSSR count). The monoisotopic (exact) mass is 286 g/mol. The summed E-state index contributed by atoms with van der Waals surface area (Å²) in [7, 11) is 2.91. The molecule has 0 bridgehead atoms. The van der Waals surface area contributed by atoms with Crippen LogP contribution in [0, 0.1) is 0 Å². The van der Waals surface area contributed by atoms with Crippen LogP contribution < -0.4 is 20.1 Å². The van der Waals surface area contributed by atoms with Gasteiger partial charge < -0.3 is 20.1 Å². The van der Waals surface area contributed by atoms with E-state index in [0.29, 0.717) is 22.9 Å². The molecule has 0 aliphatic rings. The SMILES string of the molecule is COc1cc(NC(=O)CCl)c(OC)cc1NC(C)=O. The summed E-state index contributed by atoms with van der Waals surface area (Å²) in [5, 5.41) is 5.19. The lowest BCUT2D eigenvalue weighted by Crippen LogP contribution is -2.14. The second-order valence-corrected chi connectivity index (χ2v) is 3.88.